The highest BCUT2D eigenvalue weighted by Crippen LogP contribution is 2.18. The molecule has 5 nitrogen and oxygen atoms in total. The summed E-state index contributed by atoms with van der Waals surface area (Å²) in [7, 11) is -3.60. The fourth-order valence-corrected chi connectivity index (χ4v) is 3.87. The first-order chi connectivity index (χ1) is 9.88. The number of nitrogens with zero attached hydrogens (tertiary/aromatic N) is 1. The highest BCUT2D eigenvalue weighted by molar-refractivity contribution is 7.92. The number of nitrogens with two attached hydrogens (primary N) is 1. The molecule has 0 aliphatic rings. The Morgan fingerprint density at radius 1 is 1.33 bits per heavy atom. The maximum atomic E-state index is 12.0. The van der Waals surface area contributed by atoms with Gasteiger partial charge in [-0.1, -0.05) is 30.3 Å². The molecule has 112 valence electrons. The number of aromatic nitrogens is 1. The van der Waals surface area contributed by atoms with Crippen LogP contribution >= 0.6 is 11.3 Å². The topological polar surface area (TPSA) is 90.1 Å². The smallest absolute Gasteiger partial charge is 0.235 e. The first-order valence-electron chi connectivity index (χ1n) is 6.36. The summed E-state index contributed by atoms with van der Waals surface area (Å²) in [6.45, 7) is 1.30. The molecule has 2 N–H and O–H groups in total. The molecule has 0 aliphatic heterocycles. The number of thiazole rings is 1. The molecule has 1 heterocycles. The van der Waals surface area contributed by atoms with Crippen molar-refractivity contribution >= 4 is 27.1 Å². The predicted molar refractivity (Wildman–Crippen MR) is 82.6 cm³/mol. The molecule has 0 radical (unpaired) electrons. The Labute approximate surface area is 127 Å². The van der Waals surface area contributed by atoms with Crippen LogP contribution in [0.4, 0.5) is 0 Å². The minimum atomic E-state index is -3.60. The maximum absolute atomic E-state index is 12.0. The lowest BCUT2D eigenvalue weighted by Crippen LogP contribution is -2.34. The van der Waals surface area contributed by atoms with Crippen LogP contribution in [0.5, 0.6) is 0 Å². The summed E-state index contributed by atoms with van der Waals surface area (Å²) in [6.07, 6.45) is 0.664. The Kier molecular flexibility index (Phi) is 4.74. The molecule has 0 spiro atoms. The van der Waals surface area contributed by atoms with E-state index in [9.17, 15) is 13.2 Å². The number of benzene rings is 1. The number of hydrogen-bond donors (Lipinski definition) is 1. The van der Waals surface area contributed by atoms with Gasteiger partial charge in [-0.05, 0) is 12.5 Å². The molecule has 1 amide bonds. The van der Waals surface area contributed by atoms with Crippen molar-refractivity contribution in [3.8, 4) is 0 Å². The highest BCUT2D eigenvalue weighted by atomic mass is 32.2. The monoisotopic (exact) mass is 324 g/mol. The molecule has 0 fully saturated rings. The van der Waals surface area contributed by atoms with Crippen molar-refractivity contribution in [2.75, 3.05) is 0 Å². The zero-order chi connectivity index (χ0) is 15.5. The van der Waals surface area contributed by atoms with Crippen LogP contribution in [0.2, 0.25) is 0 Å². The molecule has 0 saturated heterocycles. The first kappa shape index (κ1) is 15.7. The second kappa shape index (κ2) is 6.36. The van der Waals surface area contributed by atoms with Crippen molar-refractivity contribution in [1.82, 2.24) is 4.98 Å². The van der Waals surface area contributed by atoms with Gasteiger partial charge in [0.1, 0.15) is 5.25 Å². The quantitative estimate of drug-likeness (QED) is 0.872. The molecule has 0 bridgehead atoms. The Hall–Kier alpha value is -1.73. The average molecular weight is 324 g/mol. The summed E-state index contributed by atoms with van der Waals surface area (Å²) in [5.74, 6) is -1.10. The molecule has 0 aliphatic carbocycles. The van der Waals surface area contributed by atoms with Crippen molar-refractivity contribution in [3.63, 3.8) is 0 Å². The summed E-state index contributed by atoms with van der Waals surface area (Å²) in [4.78, 5) is 15.3. The van der Waals surface area contributed by atoms with Crippen LogP contribution in [0.15, 0.2) is 35.7 Å². The van der Waals surface area contributed by atoms with Gasteiger partial charge in [-0.3, -0.25) is 4.79 Å². The van der Waals surface area contributed by atoms with E-state index in [-0.39, 0.29) is 5.75 Å². The minimum absolute atomic E-state index is 0.262. The van der Waals surface area contributed by atoms with Gasteiger partial charge >= 0.3 is 0 Å². The van der Waals surface area contributed by atoms with Gasteiger partial charge in [-0.15, -0.1) is 11.3 Å². The largest absolute Gasteiger partial charge is 0.369 e. The molecule has 1 aromatic heterocycles. The first-order valence-corrected chi connectivity index (χ1v) is 8.96. The number of carbonyl (C=O) groups is 1. The van der Waals surface area contributed by atoms with E-state index in [2.05, 4.69) is 4.98 Å². The van der Waals surface area contributed by atoms with Crippen LogP contribution in [0.1, 0.15) is 23.2 Å². The molecule has 2 aromatic rings. The van der Waals surface area contributed by atoms with Crippen molar-refractivity contribution in [2.45, 2.75) is 24.3 Å². The number of sulfone groups is 1. The highest BCUT2D eigenvalue weighted by Gasteiger charge is 2.27. The summed E-state index contributed by atoms with van der Waals surface area (Å²) < 4.78 is 23.9. The number of primary amides is 1. The van der Waals surface area contributed by atoms with E-state index in [1.54, 1.807) is 5.38 Å². The lowest BCUT2D eigenvalue weighted by Gasteiger charge is -2.07. The van der Waals surface area contributed by atoms with Crippen molar-refractivity contribution in [3.05, 3.63) is 52.0 Å². The molecule has 1 atom stereocenters. The van der Waals surface area contributed by atoms with Gasteiger partial charge in [0.15, 0.2) is 9.84 Å². The number of rotatable bonds is 6. The van der Waals surface area contributed by atoms with Gasteiger partial charge < -0.3 is 5.73 Å². The van der Waals surface area contributed by atoms with E-state index < -0.39 is 21.0 Å². The fourth-order valence-electron chi connectivity index (χ4n) is 1.77. The fraction of sp³-hybridized carbons (Fsp3) is 0.286. The van der Waals surface area contributed by atoms with Gasteiger partial charge in [-0.25, -0.2) is 13.4 Å². The van der Waals surface area contributed by atoms with Crippen LogP contribution in [-0.4, -0.2) is 24.6 Å². The maximum Gasteiger partial charge on any atom is 0.235 e. The van der Waals surface area contributed by atoms with Crippen LogP contribution in [-0.2, 0) is 26.8 Å². The number of hydrogen-bond acceptors (Lipinski definition) is 5. The third-order valence-electron chi connectivity index (χ3n) is 3.09. The van der Waals surface area contributed by atoms with Crippen LogP contribution in [0, 0.1) is 0 Å². The van der Waals surface area contributed by atoms with Gasteiger partial charge in [-0.2, -0.15) is 0 Å². The van der Waals surface area contributed by atoms with Gasteiger partial charge in [0.05, 0.1) is 16.5 Å². The standard InChI is InChI=1S/C14H16N2O3S2/c1-10(14(15)17)21(18,19)9-12-8-20-13(16-12)7-11-5-3-2-4-6-11/h2-6,8,10H,7,9H2,1H3,(H2,15,17). The normalized spacial score (nSPS) is 13.0. The number of carbonyl (C=O) groups excluding carboxylic acids is 1. The third-order valence-corrected chi connectivity index (χ3v) is 5.99. The molecule has 2 rings (SSSR count). The Balaban J connectivity index is 2.09. The summed E-state index contributed by atoms with van der Waals surface area (Å²) in [5, 5.41) is 1.36. The average Bonchev–Trinajstić information content (AvgIpc) is 2.85. The summed E-state index contributed by atoms with van der Waals surface area (Å²) in [5.41, 5.74) is 6.62. The van der Waals surface area contributed by atoms with Gasteiger partial charge in [0.25, 0.3) is 0 Å². The second-order valence-corrected chi connectivity index (χ2v) is 8.01. The number of amides is 1. The zero-order valence-corrected chi connectivity index (χ0v) is 13.2. The molecular formula is C14H16N2O3S2. The zero-order valence-electron chi connectivity index (χ0n) is 11.5. The van der Waals surface area contributed by atoms with E-state index in [0.717, 1.165) is 10.6 Å². The molecule has 7 heteroatoms. The minimum Gasteiger partial charge on any atom is -0.369 e. The van der Waals surface area contributed by atoms with E-state index in [1.165, 1.54) is 18.3 Å². The van der Waals surface area contributed by atoms with Crippen molar-refractivity contribution < 1.29 is 13.2 Å². The Morgan fingerprint density at radius 3 is 2.62 bits per heavy atom. The summed E-state index contributed by atoms with van der Waals surface area (Å²) in [6, 6.07) is 9.82. The van der Waals surface area contributed by atoms with E-state index >= 15 is 0 Å². The molecule has 0 saturated carbocycles. The Bertz CT molecular complexity index is 724. The Morgan fingerprint density at radius 2 is 2.00 bits per heavy atom. The summed E-state index contributed by atoms with van der Waals surface area (Å²) >= 11 is 1.41. The second-order valence-electron chi connectivity index (χ2n) is 4.75. The molecule has 1 unspecified atom stereocenters. The van der Waals surface area contributed by atoms with Gasteiger partial charge in [0, 0.05) is 11.8 Å². The molecular weight excluding hydrogens is 308 g/mol. The predicted octanol–water partition coefficient (Wildman–Crippen LogP) is 1.52. The SMILES string of the molecule is CC(C(N)=O)S(=O)(=O)Cc1csc(Cc2ccccc2)n1. The van der Waals surface area contributed by atoms with Crippen molar-refractivity contribution in [1.29, 1.82) is 0 Å². The van der Waals surface area contributed by atoms with Gasteiger partial charge in [0.2, 0.25) is 5.91 Å². The third kappa shape index (κ3) is 4.12. The van der Waals surface area contributed by atoms with E-state index in [4.69, 9.17) is 5.73 Å². The van der Waals surface area contributed by atoms with Crippen LogP contribution in [0.3, 0.4) is 0 Å². The van der Waals surface area contributed by atoms with Crippen LogP contribution in [0.25, 0.3) is 0 Å². The lowest BCUT2D eigenvalue weighted by molar-refractivity contribution is -0.117. The molecule has 1 aromatic carbocycles. The lowest BCUT2D eigenvalue weighted by atomic mass is 10.2. The van der Waals surface area contributed by atoms with Crippen molar-refractivity contribution in [2.24, 2.45) is 5.73 Å². The molecule has 21 heavy (non-hydrogen) atoms. The van der Waals surface area contributed by atoms with E-state index in [1.807, 2.05) is 30.3 Å². The van der Waals surface area contributed by atoms with Crippen LogP contribution < -0.4 is 5.73 Å². The van der Waals surface area contributed by atoms with E-state index in [0.29, 0.717) is 12.1 Å².